The molecule has 3 nitrogen and oxygen atoms in total. The molecular weight excluding hydrogens is 236 g/mol. The lowest BCUT2D eigenvalue weighted by Crippen LogP contribution is -2.42. The van der Waals surface area contributed by atoms with Crippen LogP contribution in [0.4, 0.5) is 0 Å². The van der Waals surface area contributed by atoms with Crippen LogP contribution in [0.25, 0.3) is 0 Å². The van der Waals surface area contributed by atoms with Gasteiger partial charge in [-0.05, 0) is 37.7 Å². The van der Waals surface area contributed by atoms with Gasteiger partial charge in [-0.25, -0.2) is 0 Å². The van der Waals surface area contributed by atoms with Crippen molar-refractivity contribution in [1.29, 1.82) is 0 Å². The molecule has 1 aromatic carbocycles. The highest BCUT2D eigenvalue weighted by molar-refractivity contribution is 5.25. The van der Waals surface area contributed by atoms with Crippen LogP contribution in [0.3, 0.4) is 0 Å². The van der Waals surface area contributed by atoms with Crippen molar-refractivity contribution in [2.45, 2.75) is 39.3 Å². The van der Waals surface area contributed by atoms with E-state index in [1.54, 1.807) is 12.1 Å². The fraction of sp³-hybridized carbons (Fsp3) is 0.625. The van der Waals surface area contributed by atoms with Crippen molar-refractivity contribution in [1.82, 2.24) is 10.2 Å². The summed E-state index contributed by atoms with van der Waals surface area (Å²) in [5.41, 5.74) is 1.21. The van der Waals surface area contributed by atoms with Gasteiger partial charge in [0, 0.05) is 19.1 Å². The number of aromatic hydroxyl groups is 1. The topological polar surface area (TPSA) is 35.5 Å². The molecule has 1 aromatic rings. The van der Waals surface area contributed by atoms with Gasteiger partial charge in [-0.15, -0.1) is 0 Å². The van der Waals surface area contributed by atoms with Gasteiger partial charge in [-0.2, -0.15) is 0 Å². The normalized spacial score (nSPS) is 13.2. The first-order valence-corrected chi connectivity index (χ1v) is 7.23. The molecule has 2 N–H and O–H groups in total. The molecule has 0 bridgehead atoms. The molecule has 3 heteroatoms. The van der Waals surface area contributed by atoms with E-state index in [2.05, 4.69) is 38.2 Å². The molecule has 0 saturated carbocycles. The number of phenols is 1. The van der Waals surface area contributed by atoms with Gasteiger partial charge in [-0.3, -0.25) is 0 Å². The first-order chi connectivity index (χ1) is 9.08. The van der Waals surface area contributed by atoms with Crippen LogP contribution in [0.2, 0.25) is 0 Å². The lowest BCUT2D eigenvalue weighted by molar-refractivity contribution is 0.194. The Morgan fingerprint density at radius 2 is 1.68 bits per heavy atom. The summed E-state index contributed by atoms with van der Waals surface area (Å²) in [7, 11) is 4.32. The number of rotatable bonds is 8. The predicted molar refractivity (Wildman–Crippen MR) is 81.4 cm³/mol. The van der Waals surface area contributed by atoms with Crippen molar-refractivity contribution in [3.05, 3.63) is 29.8 Å². The van der Waals surface area contributed by atoms with Gasteiger partial charge in [0.1, 0.15) is 5.75 Å². The molecule has 0 heterocycles. The van der Waals surface area contributed by atoms with Crippen LogP contribution in [-0.4, -0.2) is 36.7 Å². The Kier molecular flexibility index (Phi) is 6.89. The van der Waals surface area contributed by atoms with Crippen LogP contribution in [0, 0.1) is 5.92 Å². The van der Waals surface area contributed by atoms with Crippen LogP contribution in [-0.2, 0) is 6.54 Å². The third-order valence-electron chi connectivity index (χ3n) is 3.88. The molecule has 0 saturated heterocycles. The summed E-state index contributed by atoms with van der Waals surface area (Å²) in [6.07, 6.45) is 2.44. The fourth-order valence-corrected chi connectivity index (χ4v) is 2.58. The van der Waals surface area contributed by atoms with Crippen LogP contribution in [0.1, 0.15) is 32.3 Å². The highest BCUT2D eigenvalue weighted by Crippen LogP contribution is 2.16. The molecule has 0 spiro atoms. The molecular formula is C16H28N2O. The largest absolute Gasteiger partial charge is 0.508 e. The van der Waals surface area contributed by atoms with E-state index in [0.29, 0.717) is 11.8 Å². The van der Waals surface area contributed by atoms with Gasteiger partial charge in [0.15, 0.2) is 0 Å². The van der Waals surface area contributed by atoms with E-state index >= 15 is 0 Å². The summed E-state index contributed by atoms with van der Waals surface area (Å²) in [5.74, 6) is 1.06. The Morgan fingerprint density at radius 1 is 1.11 bits per heavy atom. The first kappa shape index (κ1) is 16.0. The van der Waals surface area contributed by atoms with Crippen molar-refractivity contribution in [3.63, 3.8) is 0 Å². The second kappa shape index (κ2) is 8.18. The fourth-order valence-electron chi connectivity index (χ4n) is 2.58. The molecule has 19 heavy (non-hydrogen) atoms. The van der Waals surface area contributed by atoms with Gasteiger partial charge >= 0.3 is 0 Å². The van der Waals surface area contributed by atoms with Gasteiger partial charge < -0.3 is 15.3 Å². The van der Waals surface area contributed by atoms with Crippen LogP contribution in [0.5, 0.6) is 5.75 Å². The first-order valence-electron chi connectivity index (χ1n) is 7.23. The van der Waals surface area contributed by atoms with E-state index in [4.69, 9.17) is 0 Å². The Morgan fingerprint density at radius 3 is 2.16 bits per heavy atom. The molecule has 108 valence electrons. The summed E-state index contributed by atoms with van der Waals surface area (Å²) in [4.78, 5) is 2.32. The average Bonchev–Trinajstić information content (AvgIpc) is 2.40. The minimum atomic E-state index is 0.326. The molecule has 0 fully saturated rings. The lowest BCUT2D eigenvalue weighted by Gasteiger charge is -2.31. The number of benzene rings is 1. The molecule has 0 aliphatic rings. The third kappa shape index (κ3) is 5.21. The van der Waals surface area contributed by atoms with E-state index in [0.717, 1.165) is 19.0 Å². The highest BCUT2D eigenvalue weighted by atomic mass is 16.3. The van der Waals surface area contributed by atoms with Crippen molar-refractivity contribution in [3.8, 4) is 5.75 Å². The minimum Gasteiger partial charge on any atom is -0.508 e. The smallest absolute Gasteiger partial charge is 0.115 e. The molecule has 1 unspecified atom stereocenters. The van der Waals surface area contributed by atoms with Crippen molar-refractivity contribution >= 4 is 0 Å². The predicted octanol–water partition coefficient (Wildman–Crippen LogP) is 2.85. The van der Waals surface area contributed by atoms with E-state index in [1.165, 1.54) is 18.4 Å². The zero-order valence-corrected chi connectivity index (χ0v) is 12.7. The summed E-state index contributed by atoms with van der Waals surface area (Å²) in [5, 5.41) is 12.8. The molecule has 0 amide bonds. The Hall–Kier alpha value is -1.06. The number of hydrogen-bond donors (Lipinski definition) is 2. The molecule has 0 aliphatic carbocycles. The van der Waals surface area contributed by atoms with E-state index < -0.39 is 0 Å². The lowest BCUT2D eigenvalue weighted by atomic mass is 9.93. The standard InChI is InChI=1S/C16H28N2O/c1-5-14(6-2)16(18(3)4)12-17-11-13-7-9-15(19)10-8-13/h7-10,14,16-17,19H,5-6,11-12H2,1-4H3. The van der Waals surface area contributed by atoms with Crippen LogP contribution in [0.15, 0.2) is 24.3 Å². The summed E-state index contributed by atoms with van der Waals surface area (Å²) in [6.45, 7) is 6.39. The number of likely N-dealkylation sites (N-methyl/N-ethyl adjacent to an activating group) is 1. The average molecular weight is 264 g/mol. The summed E-state index contributed by atoms with van der Waals surface area (Å²) in [6, 6.07) is 7.98. The van der Waals surface area contributed by atoms with Crippen molar-refractivity contribution in [2.24, 2.45) is 5.92 Å². The van der Waals surface area contributed by atoms with Crippen LogP contribution < -0.4 is 5.32 Å². The van der Waals surface area contributed by atoms with E-state index in [1.807, 2.05) is 12.1 Å². The van der Waals surface area contributed by atoms with E-state index in [9.17, 15) is 5.11 Å². The Bertz CT molecular complexity index is 344. The molecule has 0 radical (unpaired) electrons. The minimum absolute atomic E-state index is 0.326. The van der Waals surface area contributed by atoms with Crippen molar-refractivity contribution < 1.29 is 5.11 Å². The number of nitrogens with zero attached hydrogens (tertiary/aromatic N) is 1. The maximum Gasteiger partial charge on any atom is 0.115 e. The summed E-state index contributed by atoms with van der Waals surface area (Å²) >= 11 is 0. The molecule has 1 rings (SSSR count). The van der Waals surface area contributed by atoms with Crippen molar-refractivity contribution in [2.75, 3.05) is 20.6 Å². The number of phenolic OH excluding ortho intramolecular Hbond substituents is 1. The maximum absolute atomic E-state index is 9.25. The van der Waals surface area contributed by atoms with Gasteiger partial charge in [0.05, 0.1) is 0 Å². The van der Waals surface area contributed by atoms with Gasteiger partial charge in [0.25, 0.3) is 0 Å². The zero-order valence-electron chi connectivity index (χ0n) is 12.7. The van der Waals surface area contributed by atoms with Gasteiger partial charge in [-0.1, -0.05) is 38.8 Å². The van der Waals surface area contributed by atoms with Crippen LogP contribution >= 0.6 is 0 Å². The maximum atomic E-state index is 9.25. The molecule has 1 atom stereocenters. The number of nitrogens with one attached hydrogen (secondary N) is 1. The highest BCUT2D eigenvalue weighted by Gasteiger charge is 2.19. The van der Waals surface area contributed by atoms with E-state index in [-0.39, 0.29) is 0 Å². The molecule has 0 aromatic heterocycles. The van der Waals surface area contributed by atoms with Gasteiger partial charge in [0.2, 0.25) is 0 Å². The monoisotopic (exact) mass is 264 g/mol. The SMILES string of the molecule is CCC(CC)C(CNCc1ccc(O)cc1)N(C)C. The summed E-state index contributed by atoms with van der Waals surface area (Å²) < 4.78 is 0. The third-order valence-corrected chi connectivity index (χ3v) is 3.88. The quantitative estimate of drug-likeness (QED) is 0.758. The number of hydrogen-bond acceptors (Lipinski definition) is 3. The zero-order chi connectivity index (χ0) is 14.3. The second-order valence-corrected chi connectivity index (χ2v) is 5.40. The Labute approximate surface area is 117 Å². The Balaban J connectivity index is 2.46. The molecule has 0 aliphatic heterocycles. The second-order valence-electron chi connectivity index (χ2n) is 5.40.